The summed E-state index contributed by atoms with van der Waals surface area (Å²) in [5.41, 5.74) is 0.721. The number of nitrogens with zero attached hydrogens (tertiary/aromatic N) is 3. The molecule has 1 aliphatic rings. The molecule has 0 spiro atoms. The van der Waals surface area contributed by atoms with E-state index >= 15 is 0 Å². The van der Waals surface area contributed by atoms with Gasteiger partial charge in [-0.15, -0.1) is 0 Å². The van der Waals surface area contributed by atoms with Gasteiger partial charge < -0.3 is 10.1 Å². The largest absolute Gasteiger partial charge is 0.379 e. The summed E-state index contributed by atoms with van der Waals surface area (Å²) in [6.45, 7) is 1.53. The summed E-state index contributed by atoms with van der Waals surface area (Å²) in [6.07, 6.45) is 4.52. The van der Waals surface area contributed by atoms with E-state index in [2.05, 4.69) is 20.3 Å². The zero-order chi connectivity index (χ0) is 10.8. The molecule has 3 heterocycles. The molecule has 82 valence electrons. The fourth-order valence-corrected chi connectivity index (χ4v) is 1.76. The van der Waals surface area contributed by atoms with Crippen LogP contribution in [0, 0.1) is 0 Å². The van der Waals surface area contributed by atoms with Gasteiger partial charge in [0, 0.05) is 24.4 Å². The lowest BCUT2D eigenvalue weighted by molar-refractivity contribution is 0.195. The molecule has 1 aliphatic heterocycles. The number of rotatable bonds is 2. The van der Waals surface area contributed by atoms with Gasteiger partial charge in [-0.25, -0.2) is 9.97 Å². The van der Waals surface area contributed by atoms with E-state index in [1.165, 1.54) is 0 Å². The Morgan fingerprint density at radius 3 is 3.25 bits per heavy atom. The topological polar surface area (TPSA) is 59.9 Å². The predicted molar refractivity (Wildman–Crippen MR) is 60.2 cm³/mol. The molecule has 2 aromatic heterocycles. The number of anilines is 1. The first-order chi connectivity index (χ1) is 7.92. The van der Waals surface area contributed by atoms with Gasteiger partial charge >= 0.3 is 0 Å². The number of fused-ring (bicyclic) bond motifs is 1. The van der Waals surface area contributed by atoms with Crippen molar-refractivity contribution >= 4 is 17.0 Å². The van der Waals surface area contributed by atoms with E-state index in [1.54, 1.807) is 12.4 Å². The standard InChI is InChI=1S/C11H12N4O/c1-2-8-6-13-11(15-10(8)12-4-1)14-9-3-5-16-7-9/h1-2,4,6,9H,3,5,7H2,(H,12,13,14,15). The highest BCUT2D eigenvalue weighted by atomic mass is 16.5. The molecular weight excluding hydrogens is 204 g/mol. The Balaban J connectivity index is 1.86. The second kappa shape index (κ2) is 4.02. The maximum absolute atomic E-state index is 5.28. The number of ether oxygens (including phenoxy) is 1. The van der Waals surface area contributed by atoms with Gasteiger partial charge in [0.1, 0.15) is 0 Å². The van der Waals surface area contributed by atoms with Crippen molar-refractivity contribution in [3.63, 3.8) is 0 Å². The third-order valence-corrected chi connectivity index (χ3v) is 2.62. The first-order valence-corrected chi connectivity index (χ1v) is 5.34. The van der Waals surface area contributed by atoms with Crippen LogP contribution in [-0.4, -0.2) is 34.2 Å². The van der Waals surface area contributed by atoms with Crippen molar-refractivity contribution in [2.75, 3.05) is 18.5 Å². The molecule has 0 aliphatic carbocycles. The summed E-state index contributed by atoms with van der Waals surface area (Å²) < 4.78 is 5.28. The molecule has 1 atom stereocenters. The van der Waals surface area contributed by atoms with Gasteiger partial charge in [-0.05, 0) is 18.6 Å². The highest BCUT2D eigenvalue weighted by Crippen LogP contribution is 2.12. The fraction of sp³-hybridized carbons (Fsp3) is 0.364. The minimum atomic E-state index is 0.321. The van der Waals surface area contributed by atoms with Gasteiger partial charge in [0.25, 0.3) is 0 Å². The SMILES string of the molecule is c1cnc2nc(NC3CCOC3)ncc2c1. The second-order valence-corrected chi connectivity index (χ2v) is 3.81. The lowest BCUT2D eigenvalue weighted by Crippen LogP contribution is -2.20. The molecule has 5 nitrogen and oxygen atoms in total. The summed E-state index contributed by atoms with van der Waals surface area (Å²) in [7, 11) is 0. The Kier molecular flexibility index (Phi) is 2.38. The van der Waals surface area contributed by atoms with Crippen LogP contribution in [-0.2, 0) is 4.74 Å². The van der Waals surface area contributed by atoms with Crippen molar-refractivity contribution in [3.8, 4) is 0 Å². The second-order valence-electron chi connectivity index (χ2n) is 3.81. The number of nitrogens with one attached hydrogen (secondary N) is 1. The quantitative estimate of drug-likeness (QED) is 0.818. The zero-order valence-corrected chi connectivity index (χ0v) is 8.76. The smallest absolute Gasteiger partial charge is 0.225 e. The van der Waals surface area contributed by atoms with Gasteiger partial charge in [-0.3, -0.25) is 0 Å². The van der Waals surface area contributed by atoms with Gasteiger partial charge in [-0.2, -0.15) is 4.98 Å². The number of pyridine rings is 1. The monoisotopic (exact) mass is 216 g/mol. The molecule has 3 rings (SSSR count). The van der Waals surface area contributed by atoms with Crippen molar-refractivity contribution in [3.05, 3.63) is 24.5 Å². The van der Waals surface area contributed by atoms with Crippen LogP contribution >= 0.6 is 0 Å². The maximum atomic E-state index is 5.28. The Labute approximate surface area is 92.9 Å². The van der Waals surface area contributed by atoms with Gasteiger partial charge in [0.05, 0.1) is 12.6 Å². The van der Waals surface area contributed by atoms with E-state index < -0.39 is 0 Å². The van der Waals surface area contributed by atoms with Crippen molar-refractivity contribution in [1.29, 1.82) is 0 Å². The molecule has 0 amide bonds. The minimum Gasteiger partial charge on any atom is -0.379 e. The van der Waals surface area contributed by atoms with E-state index in [9.17, 15) is 0 Å². The molecule has 0 bridgehead atoms. The van der Waals surface area contributed by atoms with E-state index in [0.29, 0.717) is 12.0 Å². The summed E-state index contributed by atoms with van der Waals surface area (Å²) >= 11 is 0. The average Bonchev–Trinajstić information content (AvgIpc) is 2.82. The van der Waals surface area contributed by atoms with Crippen LogP contribution in [0.3, 0.4) is 0 Å². The lowest BCUT2D eigenvalue weighted by Gasteiger charge is -2.09. The maximum Gasteiger partial charge on any atom is 0.225 e. The molecule has 5 heteroatoms. The molecule has 1 fully saturated rings. The molecule has 1 unspecified atom stereocenters. The first kappa shape index (κ1) is 9.47. The van der Waals surface area contributed by atoms with Gasteiger partial charge in [0.15, 0.2) is 5.65 Å². The summed E-state index contributed by atoms with van der Waals surface area (Å²) in [5, 5.41) is 4.20. The number of hydrogen-bond acceptors (Lipinski definition) is 5. The van der Waals surface area contributed by atoms with E-state index in [1.807, 2.05) is 12.1 Å². The molecule has 0 radical (unpaired) electrons. The molecule has 1 saturated heterocycles. The van der Waals surface area contributed by atoms with Crippen molar-refractivity contribution < 1.29 is 4.74 Å². The van der Waals surface area contributed by atoms with Crippen LogP contribution < -0.4 is 5.32 Å². The first-order valence-electron chi connectivity index (χ1n) is 5.34. The zero-order valence-electron chi connectivity index (χ0n) is 8.76. The van der Waals surface area contributed by atoms with Crippen LogP contribution in [0.4, 0.5) is 5.95 Å². The normalized spacial score (nSPS) is 20.1. The average molecular weight is 216 g/mol. The molecule has 2 aromatic rings. The van der Waals surface area contributed by atoms with E-state index in [-0.39, 0.29) is 0 Å². The summed E-state index contributed by atoms with van der Waals surface area (Å²) in [6, 6.07) is 4.15. The third kappa shape index (κ3) is 1.81. The third-order valence-electron chi connectivity index (χ3n) is 2.62. The van der Waals surface area contributed by atoms with Crippen LogP contribution in [0.5, 0.6) is 0 Å². The van der Waals surface area contributed by atoms with Gasteiger partial charge in [0.2, 0.25) is 5.95 Å². The highest BCUT2D eigenvalue weighted by Gasteiger charge is 2.16. The highest BCUT2D eigenvalue weighted by molar-refractivity contribution is 5.74. The molecule has 0 saturated carbocycles. The Morgan fingerprint density at radius 2 is 2.38 bits per heavy atom. The summed E-state index contributed by atoms with van der Waals surface area (Å²) in [4.78, 5) is 12.8. The number of aromatic nitrogens is 3. The minimum absolute atomic E-state index is 0.321. The van der Waals surface area contributed by atoms with Crippen LogP contribution in [0.1, 0.15) is 6.42 Å². The Bertz CT molecular complexity index is 496. The van der Waals surface area contributed by atoms with Crippen molar-refractivity contribution in [1.82, 2.24) is 15.0 Å². The van der Waals surface area contributed by atoms with E-state index in [4.69, 9.17) is 4.74 Å². The molecule has 0 aromatic carbocycles. The van der Waals surface area contributed by atoms with Crippen LogP contribution in [0.2, 0.25) is 0 Å². The molecule has 16 heavy (non-hydrogen) atoms. The van der Waals surface area contributed by atoms with Crippen molar-refractivity contribution in [2.45, 2.75) is 12.5 Å². The van der Waals surface area contributed by atoms with Crippen LogP contribution in [0.15, 0.2) is 24.5 Å². The molecule has 1 N–H and O–H groups in total. The van der Waals surface area contributed by atoms with Crippen molar-refractivity contribution in [2.24, 2.45) is 0 Å². The van der Waals surface area contributed by atoms with Crippen LogP contribution in [0.25, 0.3) is 11.0 Å². The van der Waals surface area contributed by atoms with E-state index in [0.717, 1.165) is 30.7 Å². The lowest BCUT2D eigenvalue weighted by atomic mass is 10.3. The fourth-order valence-electron chi connectivity index (χ4n) is 1.76. The Morgan fingerprint density at radius 1 is 1.38 bits per heavy atom. The predicted octanol–water partition coefficient (Wildman–Crippen LogP) is 1.23. The number of hydrogen-bond donors (Lipinski definition) is 1. The Hall–Kier alpha value is -1.75. The van der Waals surface area contributed by atoms with Gasteiger partial charge in [-0.1, -0.05) is 0 Å². The summed E-state index contributed by atoms with van der Waals surface area (Å²) in [5.74, 6) is 0.627. The molecular formula is C11H12N4O.